The molecule has 104 valence electrons. The predicted octanol–water partition coefficient (Wildman–Crippen LogP) is 4.07. The van der Waals surface area contributed by atoms with E-state index in [0.717, 1.165) is 15.4 Å². The number of pyridine rings is 1. The van der Waals surface area contributed by atoms with Gasteiger partial charge in [-0.15, -0.1) is 0 Å². The number of para-hydroxylation sites is 1. The van der Waals surface area contributed by atoms with Gasteiger partial charge in [0.2, 0.25) is 0 Å². The highest BCUT2D eigenvalue weighted by Gasteiger charge is 2.08. The standard InChI is InChI=1S/C16H12BrN3O/c17-12-9-11(16(18)19)6-7-13(12)21-14-5-1-3-10-4-2-8-20-15(10)14/h1-9H,(H3,18,19). The third-order valence-corrected chi connectivity index (χ3v) is 3.68. The fourth-order valence-corrected chi connectivity index (χ4v) is 2.49. The summed E-state index contributed by atoms with van der Waals surface area (Å²) in [7, 11) is 0. The van der Waals surface area contributed by atoms with E-state index in [4.69, 9.17) is 15.9 Å². The van der Waals surface area contributed by atoms with Crippen LogP contribution < -0.4 is 10.5 Å². The number of hydrogen-bond acceptors (Lipinski definition) is 3. The van der Waals surface area contributed by atoms with Crippen molar-refractivity contribution in [3.8, 4) is 11.5 Å². The molecule has 0 fully saturated rings. The van der Waals surface area contributed by atoms with E-state index < -0.39 is 0 Å². The van der Waals surface area contributed by atoms with Gasteiger partial charge in [-0.25, -0.2) is 0 Å². The summed E-state index contributed by atoms with van der Waals surface area (Å²) in [5, 5.41) is 8.46. The van der Waals surface area contributed by atoms with Crippen LogP contribution in [-0.4, -0.2) is 10.8 Å². The minimum absolute atomic E-state index is 0.0223. The quantitative estimate of drug-likeness (QED) is 0.557. The van der Waals surface area contributed by atoms with Crippen molar-refractivity contribution >= 4 is 32.7 Å². The summed E-state index contributed by atoms with van der Waals surface area (Å²) in [5.41, 5.74) is 6.92. The molecule has 0 aliphatic heterocycles. The minimum Gasteiger partial charge on any atom is -0.454 e. The van der Waals surface area contributed by atoms with Crippen LogP contribution in [0.3, 0.4) is 0 Å². The first-order valence-corrected chi connectivity index (χ1v) is 7.10. The summed E-state index contributed by atoms with van der Waals surface area (Å²) in [6, 6.07) is 15.0. The Morgan fingerprint density at radius 2 is 1.90 bits per heavy atom. The average molecular weight is 342 g/mol. The van der Waals surface area contributed by atoms with Crippen LogP contribution in [-0.2, 0) is 0 Å². The zero-order valence-electron chi connectivity index (χ0n) is 11.0. The predicted molar refractivity (Wildman–Crippen MR) is 87.0 cm³/mol. The molecule has 0 atom stereocenters. The van der Waals surface area contributed by atoms with Crippen molar-refractivity contribution in [2.75, 3.05) is 0 Å². The number of fused-ring (bicyclic) bond motifs is 1. The van der Waals surface area contributed by atoms with Crippen LogP contribution in [0.15, 0.2) is 59.2 Å². The van der Waals surface area contributed by atoms with Crippen molar-refractivity contribution in [2.45, 2.75) is 0 Å². The Labute approximate surface area is 130 Å². The van der Waals surface area contributed by atoms with Crippen molar-refractivity contribution < 1.29 is 4.74 Å². The zero-order valence-corrected chi connectivity index (χ0v) is 12.6. The van der Waals surface area contributed by atoms with Gasteiger partial charge in [0.25, 0.3) is 0 Å². The Bertz CT molecular complexity index is 827. The van der Waals surface area contributed by atoms with Crippen LogP contribution in [0.1, 0.15) is 5.56 Å². The summed E-state index contributed by atoms with van der Waals surface area (Å²) < 4.78 is 6.68. The molecular weight excluding hydrogens is 330 g/mol. The van der Waals surface area contributed by atoms with Gasteiger partial charge in [-0.1, -0.05) is 18.2 Å². The number of hydrogen-bond donors (Lipinski definition) is 2. The zero-order chi connectivity index (χ0) is 14.8. The molecule has 1 heterocycles. The topological polar surface area (TPSA) is 72.0 Å². The second kappa shape index (κ2) is 5.54. The van der Waals surface area contributed by atoms with E-state index >= 15 is 0 Å². The Balaban J connectivity index is 2.01. The highest BCUT2D eigenvalue weighted by atomic mass is 79.9. The number of nitrogens with zero attached hydrogens (tertiary/aromatic N) is 1. The number of aromatic nitrogens is 1. The van der Waals surface area contributed by atoms with Gasteiger partial charge in [-0.3, -0.25) is 10.4 Å². The molecule has 0 radical (unpaired) electrons. The van der Waals surface area contributed by atoms with E-state index in [1.54, 1.807) is 24.4 Å². The molecule has 3 rings (SSSR count). The first-order chi connectivity index (χ1) is 10.1. The minimum atomic E-state index is 0.0223. The fraction of sp³-hybridized carbons (Fsp3) is 0. The van der Waals surface area contributed by atoms with Gasteiger partial charge in [-0.05, 0) is 46.3 Å². The van der Waals surface area contributed by atoms with Gasteiger partial charge < -0.3 is 10.5 Å². The van der Waals surface area contributed by atoms with Gasteiger partial charge in [0.15, 0.2) is 5.75 Å². The summed E-state index contributed by atoms with van der Waals surface area (Å²) in [5.74, 6) is 1.36. The summed E-state index contributed by atoms with van der Waals surface area (Å²) >= 11 is 3.44. The largest absolute Gasteiger partial charge is 0.454 e. The maximum atomic E-state index is 7.44. The van der Waals surface area contributed by atoms with Crippen LogP contribution in [0.2, 0.25) is 0 Å². The fourth-order valence-electron chi connectivity index (χ4n) is 2.03. The van der Waals surface area contributed by atoms with Gasteiger partial charge in [0, 0.05) is 17.1 Å². The molecule has 0 amide bonds. The highest BCUT2D eigenvalue weighted by molar-refractivity contribution is 9.10. The maximum Gasteiger partial charge on any atom is 0.153 e. The number of nitrogen functional groups attached to an aromatic ring is 1. The lowest BCUT2D eigenvalue weighted by atomic mass is 10.2. The molecule has 0 bridgehead atoms. The molecular formula is C16H12BrN3O. The normalized spacial score (nSPS) is 10.5. The van der Waals surface area contributed by atoms with Crippen molar-refractivity contribution in [3.63, 3.8) is 0 Å². The molecule has 4 nitrogen and oxygen atoms in total. The molecule has 0 aliphatic rings. The molecule has 2 aromatic carbocycles. The third kappa shape index (κ3) is 2.73. The third-order valence-electron chi connectivity index (χ3n) is 3.06. The van der Waals surface area contributed by atoms with E-state index in [1.165, 1.54) is 0 Å². The molecule has 1 aromatic heterocycles. The van der Waals surface area contributed by atoms with E-state index in [2.05, 4.69) is 20.9 Å². The second-order valence-corrected chi connectivity index (χ2v) is 5.35. The van der Waals surface area contributed by atoms with E-state index in [0.29, 0.717) is 17.1 Å². The molecule has 5 heteroatoms. The lowest BCUT2D eigenvalue weighted by Gasteiger charge is -2.10. The highest BCUT2D eigenvalue weighted by Crippen LogP contribution is 2.33. The molecule has 0 unspecified atom stereocenters. The second-order valence-electron chi connectivity index (χ2n) is 4.49. The first kappa shape index (κ1) is 13.6. The van der Waals surface area contributed by atoms with Gasteiger partial charge in [0.05, 0.1) is 4.47 Å². The van der Waals surface area contributed by atoms with Crippen LogP contribution in [0.25, 0.3) is 10.9 Å². The lowest BCUT2D eigenvalue weighted by molar-refractivity contribution is 0.484. The number of ether oxygens (including phenoxy) is 1. The average Bonchev–Trinajstić information content (AvgIpc) is 2.49. The van der Waals surface area contributed by atoms with E-state index in [1.807, 2.05) is 30.3 Å². The van der Waals surface area contributed by atoms with Crippen molar-refractivity contribution in [1.82, 2.24) is 4.98 Å². The number of nitrogens with two attached hydrogens (primary N) is 1. The molecule has 0 aliphatic carbocycles. The van der Waals surface area contributed by atoms with Gasteiger partial charge >= 0.3 is 0 Å². The number of amidine groups is 1. The van der Waals surface area contributed by atoms with Crippen molar-refractivity contribution in [2.24, 2.45) is 5.73 Å². The van der Waals surface area contributed by atoms with Crippen LogP contribution in [0.5, 0.6) is 11.5 Å². The maximum absolute atomic E-state index is 7.44. The number of benzene rings is 2. The number of halogens is 1. The lowest BCUT2D eigenvalue weighted by Crippen LogP contribution is -2.10. The summed E-state index contributed by atoms with van der Waals surface area (Å²) in [6.45, 7) is 0. The summed E-state index contributed by atoms with van der Waals surface area (Å²) in [6.07, 6.45) is 1.74. The van der Waals surface area contributed by atoms with Crippen molar-refractivity contribution in [1.29, 1.82) is 5.41 Å². The smallest absolute Gasteiger partial charge is 0.153 e. The molecule has 0 saturated carbocycles. The van der Waals surface area contributed by atoms with Crippen LogP contribution in [0.4, 0.5) is 0 Å². The number of nitrogens with one attached hydrogen (secondary N) is 1. The molecule has 21 heavy (non-hydrogen) atoms. The number of rotatable bonds is 3. The van der Waals surface area contributed by atoms with Crippen LogP contribution >= 0.6 is 15.9 Å². The summed E-state index contributed by atoms with van der Waals surface area (Å²) in [4.78, 5) is 4.36. The van der Waals surface area contributed by atoms with Gasteiger partial charge in [0.1, 0.15) is 17.1 Å². The molecule has 3 aromatic rings. The van der Waals surface area contributed by atoms with Gasteiger partial charge in [-0.2, -0.15) is 0 Å². The Morgan fingerprint density at radius 3 is 2.67 bits per heavy atom. The monoisotopic (exact) mass is 341 g/mol. The first-order valence-electron chi connectivity index (χ1n) is 6.31. The molecule has 3 N–H and O–H groups in total. The van der Waals surface area contributed by atoms with Crippen molar-refractivity contribution in [3.05, 3.63) is 64.8 Å². The molecule has 0 spiro atoms. The van der Waals surface area contributed by atoms with Crippen LogP contribution in [0, 0.1) is 5.41 Å². The Hall–Kier alpha value is -2.40. The Kier molecular flexibility index (Phi) is 3.58. The van der Waals surface area contributed by atoms with E-state index in [9.17, 15) is 0 Å². The Morgan fingerprint density at radius 1 is 1.10 bits per heavy atom. The van der Waals surface area contributed by atoms with E-state index in [-0.39, 0.29) is 5.84 Å². The molecule has 0 saturated heterocycles. The SMILES string of the molecule is N=C(N)c1ccc(Oc2cccc3cccnc23)c(Br)c1.